The van der Waals surface area contributed by atoms with Crippen LogP contribution in [-0.4, -0.2) is 30.1 Å². The van der Waals surface area contributed by atoms with Crippen LogP contribution in [0.25, 0.3) is 11.6 Å². The van der Waals surface area contributed by atoms with Gasteiger partial charge in [-0.25, -0.2) is 0 Å². The summed E-state index contributed by atoms with van der Waals surface area (Å²) < 4.78 is 12.9. The molecule has 0 radical (unpaired) electrons. The Kier molecular flexibility index (Phi) is 5.51. The molecule has 0 bridgehead atoms. The quantitative estimate of drug-likeness (QED) is 0.531. The number of aromatic nitrogens is 1. The van der Waals surface area contributed by atoms with E-state index in [2.05, 4.69) is 4.99 Å². The number of hydrogen-bond acceptors (Lipinski definition) is 6. The molecular weight excluding hydrogens is 404 g/mol. The van der Waals surface area contributed by atoms with Crippen molar-refractivity contribution >= 4 is 47.1 Å². The minimum atomic E-state index is 0.191. The minimum absolute atomic E-state index is 0.191. The van der Waals surface area contributed by atoms with E-state index in [4.69, 9.17) is 21.7 Å². The van der Waals surface area contributed by atoms with E-state index in [0.29, 0.717) is 10.5 Å². The third-order valence-electron chi connectivity index (χ3n) is 4.82. The van der Waals surface area contributed by atoms with Gasteiger partial charge in [0.05, 0.1) is 24.8 Å². The monoisotopic (exact) mass is 424 g/mol. The average Bonchev–Trinajstić information content (AvgIpc) is 3.27. The number of ether oxygens (including phenoxy) is 2. The number of rotatable bonds is 6. The summed E-state index contributed by atoms with van der Waals surface area (Å²) in [5.41, 5.74) is 3.97. The number of allylic oxidation sites excluding steroid dienone is 1. The molecule has 4 rings (SSSR count). The van der Waals surface area contributed by atoms with Crippen LogP contribution in [0.15, 0.2) is 47.5 Å². The number of aromatic hydroxyl groups is 1. The first-order chi connectivity index (χ1) is 14.1. The molecular formula is C22H20N2O3S2. The molecule has 0 atom stereocenters. The summed E-state index contributed by atoms with van der Waals surface area (Å²) in [6, 6.07) is 13.7. The van der Waals surface area contributed by atoms with Crippen molar-refractivity contribution < 1.29 is 14.6 Å². The normalized spacial score (nSPS) is 13.7. The second-order valence-electron chi connectivity index (χ2n) is 6.55. The predicted octanol–water partition coefficient (Wildman–Crippen LogP) is 5.50. The van der Waals surface area contributed by atoms with Crippen molar-refractivity contribution in [3.8, 4) is 17.4 Å². The molecule has 0 aliphatic carbocycles. The first kappa shape index (κ1) is 19.4. The van der Waals surface area contributed by atoms with Crippen molar-refractivity contribution in [2.45, 2.75) is 13.0 Å². The Balaban J connectivity index is 1.56. The van der Waals surface area contributed by atoms with Crippen molar-refractivity contribution in [2.75, 3.05) is 14.2 Å². The van der Waals surface area contributed by atoms with E-state index in [1.165, 1.54) is 11.3 Å². The fourth-order valence-electron chi connectivity index (χ4n) is 3.19. The smallest absolute Gasteiger partial charge is 0.210 e. The fraction of sp³-hybridized carbons (Fsp3) is 0.182. The molecule has 1 aliphatic rings. The number of aliphatic imine (C=N–C) groups is 1. The zero-order chi connectivity index (χ0) is 20.4. The lowest BCUT2D eigenvalue weighted by atomic mass is 10.1. The number of benzene rings is 2. The molecule has 0 fully saturated rings. The number of thiazole rings is 1. The maximum absolute atomic E-state index is 10.7. The van der Waals surface area contributed by atoms with Crippen LogP contribution in [0.4, 0.5) is 5.69 Å². The molecule has 1 aliphatic heterocycles. The Bertz CT molecular complexity index is 1160. The molecule has 5 nitrogen and oxygen atoms in total. The fourth-order valence-corrected chi connectivity index (χ4v) is 4.50. The molecule has 1 N–H and O–H groups in total. The molecule has 7 heteroatoms. The maximum atomic E-state index is 10.7. The number of aryl methyl sites for hydroxylation is 1. The Morgan fingerprint density at radius 2 is 1.83 bits per heavy atom. The Hall–Kier alpha value is -2.90. The van der Waals surface area contributed by atoms with Crippen LogP contribution in [0.2, 0.25) is 0 Å². The number of nitrogens with zero attached hydrogens (tertiary/aromatic N) is 2. The van der Waals surface area contributed by atoms with Crippen molar-refractivity contribution in [3.05, 3.63) is 62.4 Å². The van der Waals surface area contributed by atoms with Crippen molar-refractivity contribution in [1.29, 1.82) is 0 Å². The van der Waals surface area contributed by atoms with Crippen LogP contribution in [0.1, 0.15) is 16.0 Å². The summed E-state index contributed by atoms with van der Waals surface area (Å²) in [5, 5.41) is 10.7. The number of methoxy groups -OCH3 is 2. The molecule has 0 saturated carbocycles. The first-order valence-corrected chi connectivity index (χ1v) is 10.3. The molecule has 29 heavy (non-hydrogen) atoms. The zero-order valence-electron chi connectivity index (χ0n) is 16.1. The Labute approximate surface area is 178 Å². The Morgan fingerprint density at radius 3 is 2.55 bits per heavy atom. The zero-order valence-corrected chi connectivity index (χ0v) is 17.7. The van der Waals surface area contributed by atoms with E-state index < -0.39 is 0 Å². The van der Waals surface area contributed by atoms with Gasteiger partial charge in [-0.3, -0.25) is 9.56 Å². The highest BCUT2D eigenvalue weighted by atomic mass is 32.1. The highest BCUT2D eigenvalue weighted by Crippen LogP contribution is 2.37. The van der Waals surface area contributed by atoms with Crippen molar-refractivity contribution in [1.82, 2.24) is 4.57 Å². The van der Waals surface area contributed by atoms with E-state index >= 15 is 0 Å². The molecule has 2 heterocycles. The molecule has 148 valence electrons. The highest BCUT2D eigenvalue weighted by Gasteiger charge is 2.16. The van der Waals surface area contributed by atoms with Gasteiger partial charge in [0.25, 0.3) is 0 Å². The van der Waals surface area contributed by atoms with Crippen LogP contribution >= 0.6 is 23.6 Å². The SMILES string of the molecule is COc1ccc(CCn2c(O)c(/C=C3/C=Nc4cc(OC)ccc43)sc2=S)cc1. The van der Waals surface area contributed by atoms with Gasteiger partial charge in [0.2, 0.25) is 5.88 Å². The lowest BCUT2D eigenvalue weighted by Gasteiger charge is -2.06. The maximum Gasteiger partial charge on any atom is 0.210 e. The summed E-state index contributed by atoms with van der Waals surface area (Å²) in [6.45, 7) is 0.610. The van der Waals surface area contributed by atoms with Gasteiger partial charge in [-0.15, -0.1) is 11.3 Å². The van der Waals surface area contributed by atoms with Crippen LogP contribution in [0.5, 0.6) is 17.4 Å². The second kappa shape index (κ2) is 8.23. The average molecular weight is 425 g/mol. The van der Waals surface area contributed by atoms with Gasteiger partial charge in [0.15, 0.2) is 3.95 Å². The number of hydrogen-bond donors (Lipinski definition) is 1. The standard InChI is InChI=1S/C22H20N2O3S2/c1-26-16-5-3-14(4-6-16)9-10-24-21(25)20(29-22(24)28)11-15-13-23-19-12-17(27-2)7-8-18(15)19/h3-8,11-13,25H,9-10H2,1-2H3/b15-11-. The van der Waals surface area contributed by atoms with Gasteiger partial charge in [-0.1, -0.05) is 12.1 Å². The van der Waals surface area contributed by atoms with E-state index in [0.717, 1.165) is 45.2 Å². The molecule has 3 aromatic rings. The van der Waals surface area contributed by atoms with Gasteiger partial charge in [0.1, 0.15) is 11.5 Å². The highest BCUT2D eigenvalue weighted by molar-refractivity contribution is 7.73. The second-order valence-corrected chi connectivity index (χ2v) is 8.22. The van der Waals surface area contributed by atoms with Crippen LogP contribution in [0, 0.1) is 3.95 Å². The van der Waals surface area contributed by atoms with Gasteiger partial charge < -0.3 is 14.6 Å². The lowest BCUT2D eigenvalue weighted by Crippen LogP contribution is -2.00. The topological polar surface area (TPSA) is 56.0 Å². The summed E-state index contributed by atoms with van der Waals surface area (Å²) in [6.07, 6.45) is 4.50. The largest absolute Gasteiger partial charge is 0.497 e. The first-order valence-electron chi connectivity index (χ1n) is 9.08. The van der Waals surface area contributed by atoms with E-state index in [9.17, 15) is 5.11 Å². The molecule has 2 aromatic carbocycles. The predicted molar refractivity (Wildman–Crippen MR) is 121 cm³/mol. The van der Waals surface area contributed by atoms with Gasteiger partial charge in [-0.05, 0) is 54.5 Å². The van der Waals surface area contributed by atoms with Crippen LogP contribution in [-0.2, 0) is 13.0 Å². The third-order valence-corrected chi connectivity index (χ3v) is 6.21. The van der Waals surface area contributed by atoms with Gasteiger partial charge in [-0.2, -0.15) is 0 Å². The molecule has 0 saturated heterocycles. The van der Waals surface area contributed by atoms with Crippen LogP contribution in [0.3, 0.4) is 0 Å². The van der Waals surface area contributed by atoms with Crippen molar-refractivity contribution in [3.63, 3.8) is 0 Å². The van der Waals surface area contributed by atoms with E-state index in [-0.39, 0.29) is 5.88 Å². The Morgan fingerprint density at radius 1 is 1.10 bits per heavy atom. The van der Waals surface area contributed by atoms with Crippen molar-refractivity contribution in [2.24, 2.45) is 4.99 Å². The van der Waals surface area contributed by atoms with Crippen LogP contribution < -0.4 is 9.47 Å². The third kappa shape index (κ3) is 3.97. The molecule has 0 spiro atoms. The van der Waals surface area contributed by atoms with Gasteiger partial charge in [0, 0.05) is 30.0 Å². The summed E-state index contributed by atoms with van der Waals surface area (Å²) >= 11 is 6.89. The number of fused-ring (bicyclic) bond motifs is 1. The molecule has 0 unspecified atom stereocenters. The minimum Gasteiger partial charge on any atom is -0.497 e. The molecule has 1 aromatic heterocycles. The molecule has 0 amide bonds. The summed E-state index contributed by atoms with van der Waals surface area (Å²) in [7, 11) is 3.29. The lowest BCUT2D eigenvalue weighted by molar-refractivity contribution is 0.412. The van der Waals surface area contributed by atoms with Gasteiger partial charge >= 0.3 is 0 Å². The van der Waals surface area contributed by atoms with E-state index in [1.54, 1.807) is 25.0 Å². The van der Waals surface area contributed by atoms with E-state index in [1.807, 2.05) is 48.5 Å². The summed E-state index contributed by atoms with van der Waals surface area (Å²) in [5.74, 6) is 1.79. The summed E-state index contributed by atoms with van der Waals surface area (Å²) in [4.78, 5) is 5.17.